The van der Waals surface area contributed by atoms with Gasteiger partial charge >= 0.3 is 0 Å². The van der Waals surface area contributed by atoms with Gasteiger partial charge in [-0.1, -0.05) is 20.3 Å². The Labute approximate surface area is 89.2 Å². The summed E-state index contributed by atoms with van der Waals surface area (Å²) in [6.45, 7) is 6.18. The molecule has 4 heteroatoms. The number of fused-ring (bicyclic) bond motifs is 1. The van der Waals surface area contributed by atoms with E-state index < -0.39 is 0 Å². The van der Waals surface area contributed by atoms with Crippen LogP contribution in [0.2, 0.25) is 0 Å². The molecule has 0 unspecified atom stereocenters. The molecular weight excluding hydrogens is 188 g/mol. The van der Waals surface area contributed by atoms with Crippen molar-refractivity contribution in [2.24, 2.45) is 0 Å². The van der Waals surface area contributed by atoms with Crippen molar-refractivity contribution in [2.75, 3.05) is 0 Å². The van der Waals surface area contributed by atoms with Crippen LogP contribution in [0.3, 0.4) is 0 Å². The molecule has 2 rings (SSSR count). The maximum atomic E-state index is 8.57. The van der Waals surface area contributed by atoms with Crippen LogP contribution in [0.4, 0.5) is 0 Å². The minimum Gasteiger partial charge on any atom is -0.235 e. The van der Waals surface area contributed by atoms with E-state index in [1.807, 2.05) is 13.0 Å². The Hall–Kier alpha value is -1.89. The molecule has 0 saturated carbocycles. The van der Waals surface area contributed by atoms with Crippen molar-refractivity contribution in [1.29, 1.82) is 5.26 Å². The summed E-state index contributed by atoms with van der Waals surface area (Å²) < 4.78 is 1.61. The van der Waals surface area contributed by atoms with Gasteiger partial charge in [-0.15, -0.1) is 0 Å². The highest BCUT2D eigenvalue weighted by atomic mass is 15.2. The molecule has 0 fully saturated rings. The first-order valence-electron chi connectivity index (χ1n) is 4.93. The third kappa shape index (κ3) is 2.53. The monoisotopic (exact) mass is 202 g/mol. The predicted molar refractivity (Wildman–Crippen MR) is 58.4 cm³/mol. The van der Waals surface area contributed by atoms with Gasteiger partial charge in [0.05, 0.1) is 18.0 Å². The first-order valence-corrected chi connectivity index (χ1v) is 4.93. The summed E-state index contributed by atoms with van der Waals surface area (Å²) in [5.74, 6) is 0. The van der Waals surface area contributed by atoms with Crippen LogP contribution in [0, 0.1) is 18.3 Å². The van der Waals surface area contributed by atoms with Crippen LogP contribution in [0.15, 0.2) is 18.6 Å². The van der Waals surface area contributed by atoms with Gasteiger partial charge in [0.15, 0.2) is 5.65 Å². The van der Waals surface area contributed by atoms with Crippen LogP contribution in [0.5, 0.6) is 0 Å². The smallest absolute Gasteiger partial charge is 0.157 e. The second kappa shape index (κ2) is 5.11. The average Bonchev–Trinajstić information content (AvgIpc) is 2.61. The normalized spacial score (nSPS) is 9.20. The van der Waals surface area contributed by atoms with E-state index in [4.69, 9.17) is 5.26 Å². The van der Waals surface area contributed by atoms with Crippen molar-refractivity contribution >= 4 is 5.65 Å². The van der Waals surface area contributed by atoms with E-state index in [0.29, 0.717) is 5.56 Å². The first-order chi connectivity index (χ1) is 7.22. The molecule has 0 atom stereocenters. The molecule has 78 valence electrons. The van der Waals surface area contributed by atoms with E-state index in [0.717, 1.165) is 11.2 Å². The minimum absolute atomic E-state index is 0.519. The first kappa shape index (κ1) is 11.2. The number of hydrogen-bond donors (Lipinski definition) is 0. The highest BCUT2D eigenvalue weighted by Gasteiger charge is 2.00. The molecule has 4 nitrogen and oxygen atoms in total. The standard InChI is InChI=1S/C8H6N4.C3H8/c1-6-3-11-12-5-7(2-9)4-10-8(6)12;1-3-2/h3-5H,1H3;3H2,1-2H3. The fourth-order valence-electron chi connectivity index (χ4n) is 1.05. The maximum absolute atomic E-state index is 8.57. The van der Waals surface area contributed by atoms with Crippen molar-refractivity contribution < 1.29 is 0 Å². The third-order valence-electron chi connectivity index (χ3n) is 1.66. The zero-order valence-electron chi connectivity index (χ0n) is 9.23. The molecule has 2 aromatic rings. The molecule has 0 amide bonds. The Morgan fingerprint density at radius 3 is 2.67 bits per heavy atom. The van der Waals surface area contributed by atoms with Gasteiger partial charge in [-0.2, -0.15) is 10.4 Å². The highest BCUT2D eigenvalue weighted by molar-refractivity contribution is 5.46. The van der Waals surface area contributed by atoms with Gasteiger partial charge in [0, 0.05) is 11.8 Å². The summed E-state index contributed by atoms with van der Waals surface area (Å²) in [6, 6.07) is 2.01. The lowest BCUT2D eigenvalue weighted by Gasteiger charge is -1.92. The van der Waals surface area contributed by atoms with Gasteiger partial charge in [-0.25, -0.2) is 9.50 Å². The Morgan fingerprint density at radius 1 is 1.40 bits per heavy atom. The van der Waals surface area contributed by atoms with Crippen LogP contribution in [-0.4, -0.2) is 14.6 Å². The summed E-state index contributed by atoms with van der Waals surface area (Å²) in [5, 5.41) is 12.6. The highest BCUT2D eigenvalue weighted by Crippen LogP contribution is 2.05. The molecule has 0 spiro atoms. The predicted octanol–water partition coefficient (Wildman–Crippen LogP) is 2.33. The van der Waals surface area contributed by atoms with Gasteiger partial charge in [0.1, 0.15) is 6.07 Å². The van der Waals surface area contributed by atoms with Gasteiger partial charge in [-0.05, 0) is 6.92 Å². The summed E-state index contributed by atoms with van der Waals surface area (Å²) in [6.07, 6.45) is 6.18. The van der Waals surface area contributed by atoms with Gasteiger partial charge in [0.25, 0.3) is 0 Å². The van der Waals surface area contributed by atoms with E-state index in [1.165, 1.54) is 6.42 Å². The lowest BCUT2D eigenvalue weighted by atomic mass is 10.3. The van der Waals surface area contributed by atoms with Crippen LogP contribution in [0.1, 0.15) is 31.4 Å². The summed E-state index contributed by atoms with van der Waals surface area (Å²) >= 11 is 0. The average molecular weight is 202 g/mol. The van der Waals surface area contributed by atoms with Crippen molar-refractivity contribution in [3.8, 4) is 6.07 Å². The molecular formula is C11H14N4. The Bertz CT molecular complexity index is 479. The fourth-order valence-corrected chi connectivity index (χ4v) is 1.05. The van der Waals surface area contributed by atoms with E-state index in [1.54, 1.807) is 23.1 Å². The molecule has 15 heavy (non-hydrogen) atoms. The van der Waals surface area contributed by atoms with Crippen LogP contribution >= 0.6 is 0 Å². The number of aromatic nitrogens is 3. The molecule has 0 radical (unpaired) electrons. The molecule has 0 saturated heterocycles. The SMILES string of the molecule is CCC.Cc1cnn2cc(C#N)cnc12. The number of nitriles is 1. The van der Waals surface area contributed by atoms with Gasteiger partial charge in [-0.3, -0.25) is 0 Å². The lowest BCUT2D eigenvalue weighted by molar-refractivity contribution is 0.934. The van der Waals surface area contributed by atoms with Crippen LogP contribution < -0.4 is 0 Å². The molecule has 0 aliphatic heterocycles. The number of aryl methyl sites for hydroxylation is 1. The van der Waals surface area contributed by atoms with Gasteiger partial charge < -0.3 is 0 Å². The van der Waals surface area contributed by atoms with E-state index in [-0.39, 0.29) is 0 Å². The number of nitrogens with zero attached hydrogens (tertiary/aromatic N) is 4. The molecule has 0 N–H and O–H groups in total. The summed E-state index contributed by atoms with van der Waals surface area (Å²) in [5.41, 5.74) is 2.33. The maximum Gasteiger partial charge on any atom is 0.157 e. The second-order valence-corrected chi connectivity index (χ2v) is 3.26. The molecule has 2 aromatic heterocycles. The van der Waals surface area contributed by atoms with Crippen LogP contribution in [-0.2, 0) is 0 Å². The van der Waals surface area contributed by atoms with Crippen LogP contribution in [0.25, 0.3) is 5.65 Å². The molecule has 2 heterocycles. The zero-order chi connectivity index (χ0) is 11.3. The van der Waals surface area contributed by atoms with E-state index in [9.17, 15) is 0 Å². The molecule has 0 aliphatic rings. The third-order valence-corrected chi connectivity index (χ3v) is 1.66. The second-order valence-electron chi connectivity index (χ2n) is 3.26. The quantitative estimate of drug-likeness (QED) is 0.658. The fraction of sp³-hybridized carbons (Fsp3) is 0.364. The van der Waals surface area contributed by atoms with Crippen molar-refractivity contribution in [3.05, 3.63) is 29.7 Å². The van der Waals surface area contributed by atoms with Gasteiger partial charge in [0.2, 0.25) is 0 Å². The van der Waals surface area contributed by atoms with Crippen molar-refractivity contribution in [3.63, 3.8) is 0 Å². The Kier molecular flexibility index (Phi) is 3.81. The largest absolute Gasteiger partial charge is 0.235 e. The number of rotatable bonds is 0. The Balaban J connectivity index is 0.000000337. The van der Waals surface area contributed by atoms with E-state index in [2.05, 4.69) is 23.9 Å². The number of hydrogen-bond acceptors (Lipinski definition) is 3. The molecule has 0 aliphatic carbocycles. The lowest BCUT2D eigenvalue weighted by Crippen LogP contribution is -1.91. The minimum atomic E-state index is 0.519. The summed E-state index contributed by atoms with van der Waals surface area (Å²) in [7, 11) is 0. The van der Waals surface area contributed by atoms with Crippen molar-refractivity contribution in [1.82, 2.24) is 14.6 Å². The van der Waals surface area contributed by atoms with Crippen molar-refractivity contribution in [2.45, 2.75) is 27.2 Å². The zero-order valence-corrected chi connectivity index (χ0v) is 9.23. The van der Waals surface area contributed by atoms with E-state index >= 15 is 0 Å². The Morgan fingerprint density at radius 2 is 2.07 bits per heavy atom. The molecule has 0 bridgehead atoms. The topological polar surface area (TPSA) is 54.0 Å². The molecule has 0 aromatic carbocycles. The summed E-state index contributed by atoms with van der Waals surface area (Å²) in [4.78, 5) is 4.09.